The monoisotopic (exact) mass is 252 g/mol. The zero-order valence-corrected chi connectivity index (χ0v) is 10.7. The van der Waals surface area contributed by atoms with E-state index in [2.05, 4.69) is 12.1 Å². The molecule has 0 unspecified atom stereocenters. The van der Waals surface area contributed by atoms with Gasteiger partial charge in [0.15, 0.2) is 0 Å². The smallest absolute Gasteiger partial charge is 0.150 e. The first-order valence-electron chi connectivity index (χ1n) is 6.63. The number of ether oxygens (including phenoxy) is 1. The van der Waals surface area contributed by atoms with Gasteiger partial charge in [0.1, 0.15) is 12.0 Å². The molecule has 3 rings (SSSR count). The van der Waals surface area contributed by atoms with Crippen molar-refractivity contribution in [3.05, 3.63) is 54.1 Å². The van der Waals surface area contributed by atoms with Crippen molar-refractivity contribution in [3.8, 4) is 16.9 Å². The molecule has 0 heterocycles. The predicted octanol–water partition coefficient (Wildman–Crippen LogP) is 3.95. The topological polar surface area (TPSA) is 26.3 Å². The first-order chi connectivity index (χ1) is 9.35. The van der Waals surface area contributed by atoms with Crippen LogP contribution in [0.3, 0.4) is 0 Å². The molecule has 2 aromatic carbocycles. The van der Waals surface area contributed by atoms with E-state index in [1.807, 2.05) is 36.4 Å². The average molecular weight is 252 g/mol. The molecule has 96 valence electrons. The summed E-state index contributed by atoms with van der Waals surface area (Å²) in [5, 5.41) is 0. The lowest BCUT2D eigenvalue weighted by Crippen LogP contribution is -1.98. The molecule has 0 spiro atoms. The molecule has 2 nitrogen and oxygen atoms in total. The standard InChI is InChI=1S/C17H16O2/c18-11-13-6-8-15(9-7-13)16-2-1-3-17(10-16)19-12-14-4-5-14/h1-3,6-11,14H,4-5,12H2. The molecule has 0 bridgehead atoms. The van der Waals surface area contributed by atoms with Crippen LogP contribution in [-0.2, 0) is 0 Å². The Bertz CT molecular complexity index is 568. The summed E-state index contributed by atoms with van der Waals surface area (Å²) in [6.45, 7) is 0.827. The van der Waals surface area contributed by atoms with Gasteiger partial charge in [0.25, 0.3) is 0 Å². The molecule has 0 N–H and O–H groups in total. The van der Waals surface area contributed by atoms with Crippen LogP contribution in [0.4, 0.5) is 0 Å². The quantitative estimate of drug-likeness (QED) is 0.753. The van der Waals surface area contributed by atoms with Gasteiger partial charge >= 0.3 is 0 Å². The van der Waals surface area contributed by atoms with Crippen LogP contribution in [0.2, 0.25) is 0 Å². The summed E-state index contributed by atoms with van der Waals surface area (Å²) < 4.78 is 5.78. The van der Waals surface area contributed by atoms with E-state index in [0.29, 0.717) is 5.56 Å². The second-order valence-electron chi connectivity index (χ2n) is 5.02. The Morgan fingerprint density at radius 3 is 2.53 bits per heavy atom. The minimum atomic E-state index is 0.699. The molecule has 1 saturated carbocycles. The largest absolute Gasteiger partial charge is 0.493 e. The van der Waals surface area contributed by atoms with Crippen LogP contribution >= 0.6 is 0 Å². The van der Waals surface area contributed by atoms with E-state index in [9.17, 15) is 4.79 Å². The van der Waals surface area contributed by atoms with Gasteiger partial charge in [-0.3, -0.25) is 4.79 Å². The Morgan fingerprint density at radius 1 is 1.05 bits per heavy atom. The maximum atomic E-state index is 10.6. The first-order valence-corrected chi connectivity index (χ1v) is 6.63. The van der Waals surface area contributed by atoms with Crippen LogP contribution in [0.1, 0.15) is 23.2 Å². The highest BCUT2D eigenvalue weighted by Gasteiger charge is 2.21. The first kappa shape index (κ1) is 12.0. The molecular weight excluding hydrogens is 236 g/mol. The maximum absolute atomic E-state index is 10.6. The molecule has 19 heavy (non-hydrogen) atoms. The fourth-order valence-electron chi connectivity index (χ4n) is 2.02. The molecule has 1 fully saturated rings. The molecule has 0 saturated heterocycles. The molecule has 0 radical (unpaired) electrons. The second kappa shape index (κ2) is 5.27. The highest BCUT2D eigenvalue weighted by molar-refractivity contribution is 5.77. The summed E-state index contributed by atoms with van der Waals surface area (Å²) in [6, 6.07) is 15.7. The fourth-order valence-corrected chi connectivity index (χ4v) is 2.02. The van der Waals surface area contributed by atoms with Crippen molar-refractivity contribution in [2.75, 3.05) is 6.61 Å². The van der Waals surface area contributed by atoms with Crippen LogP contribution in [0.15, 0.2) is 48.5 Å². The van der Waals surface area contributed by atoms with Crippen molar-refractivity contribution >= 4 is 6.29 Å². The van der Waals surface area contributed by atoms with Gasteiger partial charge in [0.05, 0.1) is 6.61 Å². The van der Waals surface area contributed by atoms with Gasteiger partial charge in [-0.2, -0.15) is 0 Å². The molecule has 2 aromatic rings. The van der Waals surface area contributed by atoms with E-state index in [0.717, 1.165) is 35.7 Å². The molecule has 0 aliphatic heterocycles. The van der Waals surface area contributed by atoms with Gasteiger partial charge in [0, 0.05) is 5.56 Å². The lowest BCUT2D eigenvalue weighted by Gasteiger charge is -2.07. The van der Waals surface area contributed by atoms with Crippen molar-refractivity contribution < 1.29 is 9.53 Å². The van der Waals surface area contributed by atoms with Gasteiger partial charge < -0.3 is 4.74 Å². The number of hydrogen-bond acceptors (Lipinski definition) is 2. The number of carbonyl (C=O) groups excluding carboxylic acids is 1. The Hall–Kier alpha value is -2.09. The molecular formula is C17H16O2. The highest BCUT2D eigenvalue weighted by Crippen LogP contribution is 2.30. The van der Waals surface area contributed by atoms with E-state index in [4.69, 9.17) is 4.74 Å². The van der Waals surface area contributed by atoms with Crippen LogP contribution in [0, 0.1) is 5.92 Å². The minimum absolute atomic E-state index is 0.699. The Morgan fingerprint density at radius 2 is 1.84 bits per heavy atom. The predicted molar refractivity (Wildman–Crippen MR) is 75.5 cm³/mol. The fraction of sp³-hybridized carbons (Fsp3) is 0.235. The Kier molecular flexibility index (Phi) is 3.32. The van der Waals surface area contributed by atoms with Crippen molar-refractivity contribution in [3.63, 3.8) is 0 Å². The SMILES string of the molecule is O=Cc1ccc(-c2cccc(OCC3CC3)c2)cc1. The lowest BCUT2D eigenvalue weighted by atomic mass is 10.0. The van der Waals surface area contributed by atoms with Gasteiger partial charge in [-0.25, -0.2) is 0 Å². The molecule has 0 amide bonds. The zero-order valence-electron chi connectivity index (χ0n) is 10.7. The second-order valence-corrected chi connectivity index (χ2v) is 5.02. The van der Waals surface area contributed by atoms with E-state index in [1.54, 1.807) is 0 Å². The summed E-state index contributed by atoms with van der Waals surface area (Å²) in [4.78, 5) is 10.6. The lowest BCUT2D eigenvalue weighted by molar-refractivity contribution is 0.112. The third kappa shape index (κ3) is 3.02. The maximum Gasteiger partial charge on any atom is 0.150 e. The van der Waals surface area contributed by atoms with Crippen molar-refractivity contribution in [2.45, 2.75) is 12.8 Å². The molecule has 0 aromatic heterocycles. The summed E-state index contributed by atoms with van der Waals surface area (Å²) in [5.41, 5.74) is 2.91. The van der Waals surface area contributed by atoms with E-state index < -0.39 is 0 Å². The van der Waals surface area contributed by atoms with Gasteiger partial charge in [-0.15, -0.1) is 0 Å². The summed E-state index contributed by atoms with van der Waals surface area (Å²) in [6.07, 6.45) is 3.46. The summed E-state index contributed by atoms with van der Waals surface area (Å²) in [5.74, 6) is 1.68. The minimum Gasteiger partial charge on any atom is -0.493 e. The van der Waals surface area contributed by atoms with E-state index in [-0.39, 0.29) is 0 Å². The van der Waals surface area contributed by atoms with Crippen molar-refractivity contribution in [1.82, 2.24) is 0 Å². The third-order valence-corrected chi connectivity index (χ3v) is 3.40. The van der Waals surface area contributed by atoms with E-state index in [1.165, 1.54) is 12.8 Å². The zero-order chi connectivity index (χ0) is 13.1. The van der Waals surface area contributed by atoms with Crippen molar-refractivity contribution in [1.29, 1.82) is 0 Å². The van der Waals surface area contributed by atoms with Crippen LogP contribution < -0.4 is 4.74 Å². The molecule has 1 aliphatic rings. The molecule has 1 aliphatic carbocycles. The number of carbonyl (C=O) groups is 1. The molecule has 2 heteroatoms. The van der Waals surface area contributed by atoms with Crippen LogP contribution in [0.5, 0.6) is 5.75 Å². The third-order valence-electron chi connectivity index (χ3n) is 3.40. The van der Waals surface area contributed by atoms with Crippen LogP contribution in [-0.4, -0.2) is 12.9 Å². The number of hydrogen-bond donors (Lipinski definition) is 0. The van der Waals surface area contributed by atoms with Crippen molar-refractivity contribution in [2.24, 2.45) is 5.92 Å². The highest BCUT2D eigenvalue weighted by atomic mass is 16.5. The Labute approximate surface area is 113 Å². The number of benzene rings is 2. The van der Waals surface area contributed by atoms with E-state index >= 15 is 0 Å². The Balaban J connectivity index is 1.78. The van der Waals surface area contributed by atoms with Gasteiger partial charge in [0.2, 0.25) is 0 Å². The number of aldehydes is 1. The van der Waals surface area contributed by atoms with Crippen LogP contribution in [0.25, 0.3) is 11.1 Å². The van der Waals surface area contributed by atoms with Gasteiger partial charge in [-0.05, 0) is 42.0 Å². The van der Waals surface area contributed by atoms with Gasteiger partial charge in [-0.1, -0.05) is 36.4 Å². The summed E-state index contributed by atoms with van der Waals surface area (Å²) in [7, 11) is 0. The summed E-state index contributed by atoms with van der Waals surface area (Å²) >= 11 is 0. The average Bonchev–Trinajstić information content (AvgIpc) is 3.30. The normalized spacial score (nSPS) is 14.1. The molecule has 0 atom stereocenters. The number of rotatable bonds is 5.